The normalized spacial score (nSPS) is 11.4. The summed E-state index contributed by atoms with van der Waals surface area (Å²) in [5.74, 6) is 0. The first kappa shape index (κ1) is 15.4. The smallest absolute Gasteiger partial charge is 0.109 e. The maximum absolute atomic E-state index is 5.73. The van der Waals surface area contributed by atoms with E-state index in [1.807, 2.05) is 0 Å². The van der Waals surface area contributed by atoms with Crippen LogP contribution < -0.4 is 5.19 Å². The van der Waals surface area contributed by atoms with Gasteiger partial charge in [-0.2, -0.15) is 0 Å². The molecule has 1 aromatic carbocycles. The average Bonchev–Trinajstić information content (AvgIpc) is 2.28. The average molecular weight is 280 g/mol. The first-order chi connectivity index (χ1) is 8.32. The molecular weight excluding hydrogens is 254 g/mol. The molecule has 0 aromatic heterocycles. The van der Waals surface area contributed by atoms with E-state index < -0.39 is 8.07 Å². The van der Waals surface area contributed by atoms with Crippen molar-refractivity contribution in [3.05, 3.63) is 29.3 Å². The second kappa shape index (κ2) is 5.98. The first-order valence-electron chi connectivity index (χ1n) is 6.72. The molecule has 0 atom stereocenters. The molecule has 0 N–H and O–H groups in total. The van der Waals surface area contributed by atoms with Gasteiger partial charge in [-0.15, -0.1) is 0 Å². The van der Waals surface area contributed by atoms with E-state index in [4.69, 9.17) is 12.2 Å². The zero-order chi connectivity index (χ0) is 13.9. The Morgan fingerprint density at radius 3 is 2.17 bits per heavy atom. The summed E-state index contributed by atoms with van der Waals surface area (Å²) in [4.78, 5) is 3.30. The van der Waals surface area contributed by atoms with Gasteiger partial charge in [-0.3, -0.25) is 0 Å². The minimum absolute atomic E-state index is 0.981. The van der Waals surface area contributed by atoms with Crippen molar-refractivity contribution in [1.82, 2.24) is 4.90 Å². The number of hydrogen-bond acceptors (Lipinski definition) is 1. The molecule has 0 spiro atoms. The quantitative estimate of drug-likeness (QED) is 0.612. The Hall–Kier alpha value is -0.673. The van der Waals surface area contributed by atoms with Crippen molar-refractivity contribution in [3.63, 3.8) is 0 Å². The van der Waals surface area contributed by atoms with Gasteiger partial charge in [0.05, 0.1) is 8.07 Å². The molecule has 0 fully saturated rings. The topological polar surface area (TPSA) is 3.24 Å². The van der Waals surface area contributed by atoms with Crippen LogP contribution in [-0.4, -0.2) is 31.1 Å². The van der Waals surface area contributed by atoms with Gasteiger partial charge in [0, 0.05) is 18.7 Å². The van der Waals surface area contributed by atoms with Gasteiger partial charge in [0.1, 0.15) is 4.99 Å². The highest BCUT2D eigenvalue weighted by atomic mass is 32.1. The highest BCUT2D eigenvalue weighted by molar-refractivity contribution is 7.80. The third-order valence-electron chi connectivity index (χ3n) is 3.35. The van der Waals surface area contributed by atoms with Crippen LogP contribution in [0.25, 0.3) is 0 Å². The van der Waals surface area contributed by atoms with E-state index in [-0.39, 0.29) is 0 Å². The van der Waals surface area contributed by atoms with Crippen LogP contribution in [0.3, 0.4) is 0 Å². The predicted molar refractivity (Wildman–Crippen MR) is 88.8 cm³/mol. The largest absolute Gasteiger partial charge is 0.363 e. The van der Waals surface area contributed by atoms with E-state index in [1.165, 1.54) is 16.3 Å². The van der Waals surface area contributed by atoms with Gasteiger partial charge in [0.25, 0.3) is 0 Å². The van der Waals surface area contributed by atoms with Crippen molar-refractivity contribution in [2.75, 3.05) is 13.1 Å². The lowest BCUT2D eigenvalue weighted by molar-refractivity contribution is 0.475. The fraction of sp³-hybridized carbons (Fsp3) is 0.533. The number of rotatable bonds is 4. The Bertz CT molecular complexity index is 431. The molecule has 0 heterocycles. The predicted octanol–water partition coefficient (Wildman–Crippen LogP) is 3.56. The van der Waals surface area contributed by atoms with Crippen LogP contribution in [0.4, 0.5) is 0 Å². The Labute approximate surface area is 118 Å². The van der Waals surface area contributed by atoms with Crippen molar-refractivity contribution in [3.8, 4) is 0 Å². The molecule has 18 heavy (non-hydrogen) atoms. The van der Waals surface area contributed by atoms with Gasteiger partial charge in [0.15, 0.2) is 0 Å². The standard InChI is InChI=1S/C15H25NSSi/c1-7-16(8-2)15(17)14-12(3)10-9-11-13(14)18(4,5)6/h9-11H,7-8H2,1-6H3. The number of hydrogen-bond donors (Lipinski definition) is 0. The summed E-state index contributed by atoms with van der Waals surface area (Å²) in [7, 11) is -1.36. The molecule has 1 aromatic rings. The summed E-state index contributed by atoms with van der Waals surface area (Å²) in [6.07, 6.45) is 0. The lowest BCUT2D eigenvalue weighted by atomic mass is 10.1. The number of thiocarbonyl (C=S) groups is 1. The molecule has 0 aliphatic heterocycles. The van der Waals surface area contributed by atoms with Gasteiger partial charge in [-0.05, 0) is 31.5 Å². The summed E-state index contributed by atoms with van der Waals surface area (Å²) in [5.41, 5.74) is 2.63. The summed E-state index contributed by atoms with van der Waals surface area (Å²) in [5, 5.41) is 1.49. The van der Waals surface area contributed by atoms with Gasteiger partial charge < -0.3 is 4.90 Å². The maximum atomic E-state index is 5.73. The van der Waals surface area contributed by atoms with E-state index in [2.05, 4.69) is 63.5 Å². The summed E-state index contributed by atoms with van der Waals surface area (Å²) in [6, 6.07) is 6.61. The fourth-order valence-electron chi connectivity index (χ4n) is 2.25. The van der Waals surface area contributed by atoms with Gasteiger partial charge in [-0.1, -0.05) is 50.1 Å². The molecule has 1 rings (SSSR count). The minimum atomic E-state index is -1.36. The van der Waals surface area contributed by atoms with Crippen molar-refractivity contribution in [1.29, 1.82) is 0 Å². The molecule has 3 heteroatoms. The third-order valence-corrected chi connectivity index (χ3v) is 5.84. The Kier molecular flexibility index (Phi) is 5.11. The highest BCUT2D eigenvalue weighted by Gasteiger charge is 2.24. The molecule has 0 unspecified atom stereocenters. The lowest BCUT2D eigenvalue weighted by Gasteiger charge is -2.28. The van der Waals surface area contributed by atoms with E-state index in [0.29, 0.717) is 0 Å². The van der Waals surface area contributed by atoms with E-state index in [9.17, 15) is 0 Å². The van der Waals surface area contributed by atoms with Gasteiger partial charge >= 0.3 is 0 Å². The van der Waals surface area contributed by atoms with Gasteiger partial charge in [0.2, 0.25) is 0 Å². The zero-order valence-corrected chi connectivity index (χ0v) is 14.3. The summed E-state index contributed by atoms with van der Waals surface area (Å²) in [6.45, 7) is 15.6. The Morgan fingerprint density at radius 2 is 1.72 bits per heavy atom. The molecule has 0 aliphatic carbocycles. The van der Waals surface area contributed by atoms with E-state index in [1.54, 1.807) is 0 Å². The summed E-state index contributed by atoms with van der Waals surface area (Å²) < 4.78 is 0. The van der Waals surface area contributed by atoms with Crippen LogP contribution in [0.5, 0.6) is 0 Å². The lowest BCUT2D eigenvalue weighted by Crippen LogP contribution is -2.44. The molecular formula is C15H25NSSi. The van der Waals surface area contributed by atoms with Crippen molar-refractivity contribution in [2.45, 2.75) is 40.4 Å². The molecule has 0 amide bonds. The Morgan fingerprint density at radius 1 is 1.17 bits per heavy atom. The second-order valence-corrected chi connectivity index (χ2v) is 11.2. The number of nitrogens with zero attached hydrogens (tertiary/aromatic N) is 1. The zero-order valence-electron chi connectivity index (χ0n) is 12.5. The molecule has 0 aliphatic rings. The van der Waals surface area contributed by atoms with Crippen LogP contribution in [0.2, 0.25) is 19.6 Å². The maximum Gasteiger partial charge on any atom is 0.109 e. The van der Waals surface area contributed by atoms with Crippen molar-refractivity contribution >= 4 is 30.5 Å². The second-order valence-electron chi connectivity index (χ2n) is 5.72. The number of benzene rings is 1. The highest BCUT2D eigenvalue weighted by Crippen LogP contribution is 2.15. The van der Waals surface area contributed by atoms with Crippen LogP contribution in [-0.2, 0) is 0 Å². The van der Waals surface area contributed by atoms with E-state index in [0.717, 1.165) is 18.1 Å². The SMILES string of the molecule is CCN(CC)C(=S)c1c(C)cccc1[Si](C)(C)C. The van der Waals surface area contributed by atoms with Gasteiger partial charge in [-0.25, -0.2) is 0 Å². The Balaban J connectivity index is 3.35. The van der Waals surface area contributed by atoms with Crippen molar-refractivity contribution < 1.29 is 0 Å². The molecule has 0 bridgehead atoms. The fourth-order valence-corrected chi connectivity index (χ4v) is 4.53. The molecule has 0 radical (unpaired) electrons. The molecule has 100 valence electrons. The monoisotopic (exact) mass is 279 g/mol. The van der Waals surface area contributed by atoms with Crippen LogP contribution in [0.1, 0.15) is 25.0 Å². The molecule has 0 saturated heterocycles. The van der Waals surface area contributed by atoms with Crippen LogP contribution in [0.15, 0.2) is 18.2 Å². The number of aryl methyl sites for hydroxylation is 1. The molecule has 1 nitrogen and oxygen atoms in total. The third kappa shape index (κ3) is 3.21. The van der Waals surface area contributed by atoms with Crippen molar-refractivity contribution in [2.24, 2.45) is 0 Å². The van der Waals surface area contributed by atoms with E-state index >= 15 is 0 Å². The van der Waals surface area contributed by atoms with Crippen LogP contribution in [0, 0.1) is 6.92 Å². The van der Waals surface area contributed by atoms with Crippen LogP contribution >= 0.6 is 12.2 Å². The minimum Gasteiger partial charge on any atom is -0.363 e. The first-order valence-corrected chi connectivity index (χ1v) is 10.6. The molecule has 0 saturated carbocycles. The summed E-state index contributed by atoms with van der Waals surface area (Å²) >= 11 is 5.73.